The minimum atomic E-state index is -0.508. The van der Waals surface area contributed by atoms with Gasteiger partial charge in [0.1, 0.15) is 5.60 Å². The van der Waals surface area contributed by atoms with Gasteiger partial charge in [-0.05, 0) is 37.5 Å². The van der Waals surface area contributed by atoms with Gasteiger partial charge in [0.25, 0.3) is 0 Å². The molecule has 1 aliphatic heterocycles. The number of benzene rings is 1. The second-order valence-electron chi connectivity index (χ2n) is 4.43. The molecule has 0 bridgehead atoms. The van der Waals surface area contributed by atoms with Crippen LogP contribution in [0.15, 0.2) is 18.2 Å². The van der Waals surface area contributed by atoms with E-state index in [1.807, 2.05) is 19.1 Å². The van der Waals surface area contributed by atoms with Gasteiger partial charge in [0.05, 0.1) is 7.11 Å². The molecule has 0 aromatic heterocycles. The number of aryl methyl sites for hydroxylation is 2. The summed E-state index contributed by atoms with van der Waals surface area (Å²) in [5, 5.41) is 0. The van der Waals surface area contributed by atoms with Crippen molar-refractivity contribution in [2.45, 2.75) is 32.5 Å². The van der Waals surface area contributed by atoms with Gasteiger partial charge < -0.3 is 9.47 Å². The Bertz CT molecular complexity index is 439. The van der Waals surface area contributed by atoms with Crippen molar-refractivity contribution in [3.05, 3.63) is 34.9 Å². The van der Waals surface area contributed by atoms with Crippen molar-refractivity contribution < 1.29 is 14.3 Å². The lowest BCUT2D eigenvalue weighted by molar-refractivity contribution is -0.142. The molecule has 0 amide bonds. The largest absolute Gasteiger partial charge is 0.467 e. The number of methoxy groups -OCH3 is 1. The minimum absolute atomic E-state index is 0.305. The summed E-state index contributed by atoms with van der Waals surface area (Å²) in [4.78, 5) is 11.4. The van der Waals surface area contributed by atoms with Crippen LogP contribution in [0.2, 0.25) is 0 Å². The van der Waals surface area contributed by atoms with E-state index in [1.54, 1.807) is 0 Å². The fourth-order valence-corrected chi connectivity index (χ4v) is 1.86. The van der Waals surface area contributed by atoms with Gasteiger partial charge in [-0.2, -0.15) is 0 Å². The van der Waals surface area contributed by atoms with Crippen LogP contribution >= 0.6 is 0 Å². The van der Waals surface area contributed by atoms with Crippen LogP contribution in [0.5, 0.6) is 0 Å². The number of hydrogen-bond acceptors (Lipinski definition) is 3. The van der Waals surface area contributed by atoms with Crippen LogP contribution in [-0.4, -0.2) is 19.2 Å². The van der Waals surface area contributed by atoms with Crippen molar-refractivity contribution in [3.8, 4) is 0 Å². The number of esters is 1. The predicted octanol–water partition coefficient (Wildman–Crippen LogP) is 2.09. The average molecular weight is 220 g/mol. The van der Waals surface area contributed by atoms with E-state index in [2.05, 4.69) is 24.7 Å². The lowest BCUT2D eigenvalue weighted by Crippen LogP contribution is -2.17. The summed E-state index contributed by atoms with van der Waals surface area (Å²) >= 11 is 0. The van der Waals surface area contributed by atoms with E-state index in [-0.39, 0.29) is 5.97 Å². The lowest BCUT2D eigenvalue weighted by Gasteiger charge is -2.09. The molecule has 0 radical (unpaired) electrons. The molecule has 1 aromatic carbocycles. The van der Waals surface area contributed by atoms with Gasteiger partial charge >= 0.3 is 5.97 Å². The van der Waals surface area contributed by atoms with Gasteiger partial charge in [0.2, 0.25) is 0 Å². The van der Waals surface area contributed by atoms with E-state index in [4.69, 9.17) is 4.74 Å². The van der Waals surface area contributed by atoms with Gasteiger partial charge in [-0.15, -0.1) is 0 Å². The van der Waals surface area contributed by atoms with Crippen LogP contribution in [0.3, 0.4) is 0 Å². The van der Waals surface area contributed by atoms with Crippen LogP contribution in [0.4, 0.5) is 0 Å². The maximum absolute atomic E-state index is 11.4. The summed E-state index contributed by atoms with van der Waals surface area (Å²) in [6.45, 7) is 6.03. The maximum atomic E-state index is 11.4. The Hall–Kier alpha value is -1.35. The molecule has 0 N–H and O–H groups in total. The summed E-state index contributed by atoms with van der Waals surface area (Å²) in [6.07, 6.45) is -0.459. The molecule has 0 saturated carbocycles. The maximum Gasteiger partial charge on any atom is 0.338 e. The number of epoxide rings is 1. The first kappa shape index (κ1) is 11.1. The summed E-state index contributed by atoms with van der Waals surface area (Å²) in [7, 11) is 1.38. The monoisotopic (exact) mass is 220 g/mol. The first-order chi connectivity index (χ1) is 7.49. The van der Waals surface area contributed by atoms with E-state index in [0.717, 1.165) is 5.56 Å². The zero-order valence-corrected chi connectivity index (χ0v) is 10.0. The Labute approximate surface area is 95.4 Å². The summed E-state index contributed by atoms with van der Waals surface area (Å²) in [5.74, 6) is -0.305. The topological polar surface area (TPSA) is 38.8 Å². The summed E-state index contributed by atoms with van der Waals surface area (Å²) < 4.78 is 10.1. The molecular formula is C13H16O3. The third-order valence-electron chi connectivity index (χ3n) is 3.30. The number of rotatable bonds is 2. The van der Waals surface area contributed by atoms with E-state index >= 15 is 0 Å². The van der Waals surface area contributed by atoms with Crippen LogP contribution in [-0.2, 0) is 19.9 Å². The molecule has 1 saturated heterocycles. The highest BCUT2D eigenvalue weighted by Gasteiger charge is 2.59. The standard InChI is InChI=1S/C13H16O3/c1-8-5-6-10(7-9(8)2)13(3)11(16-13)12(14)15-4/h5-7,11H,1-4H3. The fourth-order valence-electron chi connectivity index (χ4n) is 1.86. The van der Waals surface area contributed by atoms with Crippen molar-refractivity contribution in [2.75, 3.05) is 7.11 Å². The molecule has 86 valence electrons. The highest BCUT2D eigenvalue weighted by atomic mass is 16.6. The molecule has 0 aliphatic carbocycles. The van der Waals surface area contributed by atoms with Gasteiger partial charge in [-0.25, -0.2) is 4.79 Å². The Morgan fingerprint density at radius 1 is 1.38 bits per heavy atom. The van der Waals surface area contributed by atoms with Crippen molar-refractivity contribution in [1.82, 2.24) is 0 Å². The first-order valence-corrected chi connectivity index (χ1v) is 5.32. The lowest BCUT2D eigenvalue weighted by atomic mass is 9.94. The molecule has 1 aliphatic rings. The predicted molar refractivity (Wildman–Crippen MR) is 60.2 cm³/mol. The summed E-state index contributed by atoms with van der Waals surface area (Å²) in [6, 6.07) is 6.12. The molecular weight excluding hydrogens is 204 g/mol. The van der Waals surface area contributed by atoms with Crippen LogP contribution in [0.1, 0.15) is 23.6 Å². The smallest absolute Gasteiger partial charge is 0.338 e. The number of carbonyl (C=O) groups excluding carboxylic acids is 1. The second-order valence-corrected chi connectivity index (χ2v) is 4.43. The van der Waals surface area contributed by atoms with Crippen LogP contribution in [0.25, 0.3) is 0 Å². The summed E-state index contributed by atoms with van der Waals surface area (Å²) in [5.41, 5.74) is 2.97. The SMILES string of the molecule is COC(=O)C1OC1(C)c1ccc(C)c(C)c1. The Kier molecular flexibility index (Phi) is 2.50. The average Bonchev–Trinajstić information content (AvgIpc) is 2.95. The Balaban J connectivity index is 2.26. The van der Waals surface area contributed by atoms with Crippen molar-refractivity contribution in [1.29, 1.82) is 0 Å². The molecule has 2 unspecified atom stereocenters. The van der Waals surface area contributed by atoms with E-state index in [0.29, 0.717) is 0 Å². The number of hydrogen-bond donors (Lipinski definition) is 0. The van der Waals surface area contributed by atoms with Crippen LogP contribution in [0, 0.1) is 13.8 Å². The molecule has 1 aromatic rings. The molecule has 1 fully saturated rings. The molecule has 2 rings (SSSR count). The van der Waals surface area contributed by atoms with E-state index < -0.39 is 11.7 Å². The van der Waals surface area contributed by atoms with Gasteiger partial charge in [0.15, 0.2) is 6.10 Å². The fraction of sp³-hybridized carbons (Fsp3) is 0.462. The van der Waals surface area contributed by atoms with E-state index in [1.165, 1.54) is 18.2 Å². The van der Waals surface area contributed by atoms with Crippen molar-refractivity contribution in [2.24, 2.45) is 0 Å². The Morgan fingerprint density at radius 3 is 2.62 bits per heavy atom. The highest BCUT2D eigenvalue weighted by Crippen LogP contribution is 2.46. The minimum Gasteiger partial charge on any atom is -0.467 e. The second kappa shape index (κ2) is 3.59. The Morgan fingerprint density at radius 2 is 2.06 bits per heavy atom. The molecule has 2 atom stereocenters. The van der Waals surface area contributed by atoms with E-state index in [9.17, 15) is 4.79 Å². The highest BCUT2D eigenvalue weighted by molar-refractivity contribution is 5.79. The first-order valence-electron chi connectivity index (χ1n) is 5.32. The third kappa shape index (κ3) is 1.61. The quantitative estimate of drug-likeness (QED) is 0.566. The van der Waals surface area contributed by atoms with Gasteiger partial charge in [-0.1, -0.05) is 18.2 Å². The van der Waals surface area contributed by atoms with Gasteiger partial charge in [0, 0.05) is 0 Å². The normalized spacial score (nSPS) is 27.6. The third-order valence-corrected chi connectivity index (χ3v) is 3.30. The molecule has 1 heterocycles. The zero-order chi connectivity index (χ0) is 11.9. The van der Waals surface area contributed by atoms with Crippen LogP contribution < -0.4 is 0 Å². The molecule has 3 heteroatoms. The van der Waals surface area contributed by atoms with Crippen molar-refractivity contribution in [3.63, 3.8) is 0 Å². The van der Waals surface area contributed by atoms with Crippen molar-refractivity contribution >= 4 is 5.97 Å². The molecule has 16 heavy (non-hydrogen) atoms. The molecule has 3 nitrogen and oxygen atoms in total. The number of ether oxygens (including phenoxy) is 2. The molecule has 0 spiro atoms. The zero-order valence-electron chi connectivity index (χ0n) is 10.0. The number of carbonyl (C=O) groups is 1. The van der Waals surface area contributed by atoms with Gasteiger partial charge in [-0.3, -0.25) is 0 Å².